The number of fused-ring (bicyclic) bond motifs is 1. The maximum atomic E-state index is 12.6. The number of nitro benzene ring substituents is 1. The van der Waals surface area contributed by atoms with Gasteiger partial charge in [-0.25, -0.2) is 27.9 Å². The Kier molecular flexibility index (Phi) is 6.29. The number of nitro groups is 1. The summed E-state index contributed by atoms with van der Waals surface area (Å²) in [7, 11) is -3.94. The Morgan fingerprint density at radius 1 is 1.20 bits per heavy atom. The van der Waals surface area contributed by atoms with Gasteiger partial charge in [0.15, 0.2) is 5.75 Å². The van der Waals surface area contributed by atoms with E-state index in [0.717, 1.165) is 6.07 Å². The third kappa shape index (κ3) is 5.50. The fourth-order valence-corrected chi connectivity index (χ4v) is 4.22. The maximum Gasteiger partial charge on any atom is 0.331 e. The molecule has 0 spiro atoms. The van der Waals surface area contributed by atoms with Crippen LogP contribution in [-0.4, -0.2) is 48.3 Å². The van der Waals surface area contributed by atoms with Crippen molar-refractivity contribution in [3.05, 3.63) is 70.5 Å². The largest absolute Gasteiger partial charge is 0.423 e. The molecule has 3 aromatic rings. The standard InChI is InChI=1S/C21H18N6O7S/c1-13-8-9-22-21(23-13)25-35(32,33)16-5-2-14(3-6-16)24-19(28)11-26-12-20(29)34-18-10-15(27(30)31)4-7-17(18)26/h2-10H,11-12H2,1H3,(H,24,28)(H,22,23,25). The summed E-state index contributed by atoms with van der Waals surface area (Å²) in [5.41, 5.74) is 1.03. The zero-order chi connectivity index (χ0) is 25.2. The van der Waals surface area contributed by atoms with Gasteiger partial charge in [-0.3, -0.25) is 14.9 Å². The Balaban J connectivity index is 1.43. The molecule has 0 atom stereocenters. The number of carbonyl (C=O) groups excluding carboxylic acids is 2. The Labute approximate surface area is 199 Å². The fourth-order valence-electron chi connectivity index (χ4n) is 3.26. The van der Waals surface area contributed by atoms with Crippen LogP contribution in [0.15, 0.2) is 59.6 Å². The zero-order valence-corrected chi connectivity index (χ0v) is 19.0. The molecule has 1 aromatic heterocycles. The van der Waals surface area contributed by atoms with Crippen molar-refractivity contribution in [3.8, 4) is 5.75 Å². The van der Waals surface area contributed by atoms with Crippen LogP contribution < -0.4 is 19.7 Å². The molecule has 35 heavy (non-hydrogen) atoms. The van der Waals surface area contributed by atoms with E-state index in [1.54, 1.807) is 13.0 Å². The number of hydrogen-bond acceptors (Lipinski definition) is 10. The summed E-state index contributed by atoms with van der Waals surface area (Å²) in [5, 5.41) is 13.6. The highest BCUT2D eigenvalue weighted by atomic mass is 32.2. The van der Waals surface area contributed by atoms with E-state index in [2.05, 4.69) is 20.0 Å². The molecule has 180 valence electrons. The van der Waals surface area contributed by atoms with Gasteiger partial charge < -0.3 is 15.0 Å². The summed E-state index contributed by atoms with van der Waals surface area (Å²) in [6, 6.07) is 10.8. The molecule has 0 unspecified atom stereocenters. The average Bonchev–Trinajstić information content (AvgIpc) is 2.78. The summed E-state index contributed by atoms with van der Waals surface area (Å²) < 4.78 is 32.4. The van der Waals surface area contributed by atoms with Crippen LogP contribution in [0, 0.1) is 17.0 Å². The third-order valence-electron chi connectivity index (χ3n) is 4.84. The van der Waals surface area contributed by atoms with Gasteiger partial charge in [0.05, 0.1) is 28.1 Å². The van der Waals surface area contributed by atoms with E-state index in [1.807, 2.05) is 0 Å². The van der Waals surface area contributed by atoms with Crippen molar-refractivity contribution in [2.45, 2.75) is 11.8 Å². The van der Waals surface area contributed by atoms with Gasteiger partial charge in [-0.05, 0) is 43.3 Å². The van der Waals surface area contributed by atoms with E-state index >= 15 is 0 Å². The quantitative estimate of drug-likeness (QED) is 0.212. The van der Waals surface area contributed by atoms with E-state index in [1.165, 1.54) is 47.5 Å². The monoisotopic (exact) mass is 498 g/mol. The summed E-state index contributed by atoms with van der Waals surface area (Å²) in [5.74, 6) is -1.23. The summed E-state index contributed by atoms with van der Waals surface area (Å²) in [6.07, 6.45) is 1.43. The molecule has 1 aliphatic rings. The van der Waals surface area contributed by atoms with Gasteiger partial charge in [-0.15, -0.1) is 0 Å². The predicted molar refractivity (Wildman–Crippen MR) is 124 cm³/mol. The lowest BCUT2D eigenvalue weighted by Crippen LogP contribution is -2.41. The molecule has 0 aliphatic carbocycles. The molecule has 2 N–H and O–H groups in total. The van der Waals surface area contributed by atoms with Crippen LogP contribution in [0.4, 0.5) is 23.0 Å². The summed E-state index contributed by atoms with van der Waals surface area (Å²) >= 11 is 0. The number of nitrogens with one attached hydrogen (secondary N) is 2. The van der Waals surface area contributed by atoms with E-state index < -0.39 is 26.8 Å². The van der Waals surface area contributed by atoms with Crippen molar-refractivity contribution in [2.75, 3.05) is 28.0 Å². The first-order valence-corrected chi connectivity index (χ1v) is 11.6. The molecule has 0 radical (unpaired) electrons. The molecule has 1 aliphatic heterocycles. The number of amides is 1. The number of hydrogen-bond donors (Lipinski definition) is 2. The molecule has 4 rings (SSSR count). The number of benzene rings is 2. The molecule has 0 saturated heterocycles. The van der Waals surface area contributed by atoms with Crippen molar-refractivity contribution >= 4 is 44.9 Å². The first kappa shape index (κ1) is 23.6. The molecule has 14 heteroatoms. The lowest BCUT2D eigenvalue weighted by molar-refractivity contribution is -0.384. The van der Waals surface area contributed by atoms with Gasteiger partial charge in [0, 0.05) is 23.6 Å². The van der Waals surface area contributed by atoms with Crippen molar-refractivity contribution < 1.29 is 27.7 Å². The van der Waals surface area contributed by atoms with Crippen LogP contribution in [0.2, 0.25) is 0 Å². The molecule has 0 bridgehead atoms. The van der Waals surface area contributed by atoms with E-state index in [9.17, 15) is 28.1 Å². The van der Waals surface area contributed by atoms with Crippen LogP contribution in [0.3, 0.4) is 0 Å². The van der Waals surface area contributed by atoms with Gasteiger partial charge in [-0.1, -0.05) is 0 Å². The van der Waals surface area contributed by atoms with Crippen molar-refractivity contribution in [3.63, 3.8) is 0 Å². The molecule has 13 nitrogen and oxygen atoms in total. The number of carbonyl (C=O) groups is 2. The smallest absolute Gasteiger partial charge is 0.331 e. The molecule has 1 amide bonds. The number of aryl methyl sites for hydroxylation is 1. The number of sulfonamides is 1. The van der Waals surface area contributed by atoms with Gasteiger partial charge in [0.1, 0.15) is 6.54 Å². The second-order valence-electron chi connectivity index (χ2n) is 7.44. The third-order valence-corrected chi connectivity index (χ3v) is 6.19. The fraction of sp³-hybridized carbons (Fsp3) is 0.143. The van der Waals surface area contributed by atoms with Crippen LogP contribution >= 0.6 is 0 Å². The minimum absolute atomic E-state index is 0.0112. The number of ether oxygens (including phenoxy) is 1. The number of aromatic nitrogens is 2. The van der Waals surface area contributed by atoms with Crippen molar-refractivity contribution in [1.82, 2.24) is 9.97 Å². The SMILES string of the molecule is Cc1ccnc(NS(=O)(=O)c2ccc(NC(=O)CN3CC(=O)Oc4cc([N+](=O)[O-])ccc43)cc2)n1. The summed E-state index contributed by atoms with van der Waals surface area (Å²) in [4.78, 5) is 44.0. The van der Waals surface area contributed by atoms with Crippen LogP contribution in [-0.2, 0) is 19.6 Å². The van der Waals surface area contributed by atoms with Crippen molar-refractivity contribution in [1.29, 1.82) is 0 Å². The van der Waals surface area contributed by atoms with E-state index in [4.69, 9.17) is 4.74 Å². The molecular formula is C21H18N6O7S. The van der Waals surface area contributed by atoms with Crippen LogP contribution in [0.1, 0.15) is 5.69 Å². The number of nitrogens with zero attached hydrogens (tertiary/aromatic N) is 4. The van der Waals surface area contributed by atoms with Crippen LogP contribution in [0.25, 0.3) is 0 Å². The number of non-ortho nitro benzene ring substituents is 1. The molecular weight excluding hydrogens is 480 g/mol. The average molecular weight is 498 g/mol. The van der Waals surface area contributed by atoms with E-state index in [-0.39, 0.29) is 35.4 Å². The predicted octanol–water partition coefficient (Wildman–Crippen LogP) is 1.86. The zero-order valence-electron chi connectivity index (χ0n) is 18.2. The maximum absolute atomic E-state index is 12.6. The highest BCUT2D eigenvalue weighted by Crippen LogP contribution is 2.35. The number of anilines is 3. The Hall–Kier alpha value is -4.59. The second kappa shape index (κ2) is 9.34. The molecule has 0 saturated carbocycles. The van der Waals surface area contributed by atoms with Gasteiger partial charge in [-0.2, -0.15) is 0 Å². The Morgan fingerprint density at radius 3 is 2.63 bits per heavy atom. The number of esters is 1. The molecule has 0 fully saturated rings. The minimum atomic E-state index is -3.94. The van der Waals surface area contributed by atoms with Gasteiger partial charge >= 0.3 is 5.97 Å². The minimum Gasteiger partial charge on any atom is -0.423 e. The van der Waals surface area contributed by atoms with Crippen molar-refractivity contribution in [2.24, 2.45) is 0 Å². The molecule has 2 aromatic carbocycles. The summed E-state index contributed by atoms with van der Waals surface area (Å²) in [6.45, 7) is 1.24. The first-order chi connectivity index (χ1) is 16.6. The normalized spacial score (nSPS) is 12.9. The Bertz CT molecular complexity index is 1430. The number of rotatable bonds is 7. The highest BCUT2D eigenvalue weighted by molar-refractivity contribution is 7.92. The first-order valence-electron chi connectivity index (χ1n) is 10.1. The molecule has 2 heterocycles. The topological polar surface area (TPSA) is 174 Å². The highest BCUT2D eigenvalue weighted by Gasteiger charge is 2.27. The lowest BCUT2D eigenvalue weighted by atomic mass is 10.2. The van der Waals surface area contributed by atoms with Crippen LogP contribution in [0.5, 0.6) is 5.75 Å². The van der Waals surface area contributed by atoms with Gasteiger partial charge in [0.25, 0.3) is 15.7 Å². The van der Waals surface area contributed by atoms with E-state index in [0.29, 0.717) is 17.1 Å². The lowest BCUT2D eigenvalue weighted by Gasteiger charge is -2.28. The Morgan fingerprint density at radius 2 is 1.94 bits per heavy atom. The second-order valence-corrected chi connectivity index (χ2v) is 9.12. The van der Waals surface area contributed by atoms with Gasteiger partial charge in [0.2, 0.25) is 11.9 Å².